The van der Waals surface area contributed by atoms with E-state index in [1.165, 1.54) is 12.8 Å². The van der Waals surface area contributed by atoms with E-state index in [4.69, 9.17) is 9.15 Å². The summed E-state index contributed by atoms with van der Waals surface area (Å²) in [7, 11) is 0. The molecule has 3 nitrogen and oxygen atoms in total. The smallest absolute Gasteiger partial charge is 0.172 e. The van der Waals surface area contributed by atoms with Gasteiger partial charge in [-0.15, -0.1) is 0 Å². The Kier molecular flexibility index (Phi) is 4.59. The minimum absolute atomic E-state index is 0.182. The van der Waals surface area contributed by atoms with E-state index < -0.39 is 5.60 Å². The molecule has 0 spiro atoms. The van der Waals surface area contributed by atoms with E-state index in [1.54, 1.807) is 6.26 Å². The normalized spacial score (nSPS) is 19.4. The van der Waals surface area contributed by atoms with Gasteiger partial charge in [0.25, 0.3) is 0 Å². The second kappa shape index (κ2) is 6.19. The van der Waals surface area contributed by atoms with Gasteiger partial charge in [0.15, 0.2) is 5.78 Å². The van der Waals surface area contributed by atoms with Crippen LogP contribution in [-0.4, -0.2) is 18.0 Å². The van der Waals surface area contributed by atoms with E-state index in [0.717, 1.165) is 31.4 Å². The second-order valence-corrected chi connectivity index (χ2v) is 5.02. The molecule has 1 saturated carbocycles. The molecule has 3 heteroatoms. The Balaban J connectivity index is 2.09. The lowest BCUT2D eigenvalue weighted by atomic mass is 9.87. The Hall–Kier alpha value is -1.09. The van der Waals surface area contributed by atoms with Crippen molar-refractivity contribution in [3.8, 4) is 0 Å². The van der Waals surface area contributed by atoms with E-state index in [1.807, 2.05) is 19.1 Å². The number of ether oxygens (including phenoxy) is 1. The largest absolute Gasteiger partial charge is 0.469 e. The molecule has 1 aliphatic carbocycles. The van der Waals surface area contributed by atoms with E-state index in [9.17, 15) is 4.79 Å². The minimum atomic E-state index is -0.557. The maximum atomic E-state index is 12.5. The first-order chi connectivity index (χ1) is 8.77. The fourth-order valence-electron chi connectivity index (χ4n) is 2.81. The number of ketones is 1. The van der Waals surface area contributed by atoms with Gasteiger partial charge in [-0.25, -0.2) is 0 Å². The van der Waals surface area contributed by atoms with Gasteiger partial charge in [-0.3, -0.25) is 4.79 Å². The van der Waals surface area contributed by atoms with Crippen molar-refractivity contribution in [1.82, 2.24) is 0 Å². The zero-order chi connectivity index (χ0) is 12.8. The van der Waals surface area contributed by atoms with Crippen molar-refractivity contribution >= 4 is 5.78 Å². The monoisotopic (exact) mass is 250 g/mol. The van der Waals surface area contributed by atoms with Crippen LogP contribution in [0.4, 0.5) is 0 Å². The van der Waals surface area contributed by atoms with Crippen molar-refractivity contribution in [3.05, 3.63) is 24.2 Å². The Labute approximate surface area is 109 Å². The summed E-state index contributed by atoms with van der Waals surface area (Å²) in [6, 6.07) is 3.68. The van der Waals surface area contributed by atoms with Crippen molar-refractivity contribution in [3.63, 3.8) is 0 Å². The molecule has 18 heavy (non-hydrogen) atoms. The van der Waals surface area contributed by atoms with Crippen LogP contribution in [0.1, 0.15) is 51.2 Å². The molecule has 1 aliphatic rings. The van der Waals surface area contributed by atoms with Crippen LogP contribution < -0.4 is 0 Å². The molecule has 0 atom stereocenters. The number of Topliss-reactive ketones (excluding diaryl/α,β-unsaturated/α-hetero) is 1. The van der Waals surface area contributed by atoms with Crippen molar-refractivity contribution in [2.75, 3.05) is 6.61 Å². The number of furan rings is 1. The fourth-order valence-corrected chi connectivity index (χ4v) is 2.81. The molecule has 1 aromatic rings. The highest BCUT2D eigenvalue weighted by Gasteiger charge is 2.39. The number of hydrogen-bond donors (Lipinski definition) is 0. The van der Waals surface area contributed by atoms with Crippen LogP contribution in [0.3, 0.4) is 0 Å². The van der Waals surface area contributed by atoms with Crippen LogP contribution in [0.2, 0.25) is 0 Å². The topological polar surface area (TPSA) is 39.4 Å². The maximum absolute atomic E-state index is 12.5. The van der Waals surface area contributed by atoms with Crippen LogP contribution in [0.15, 0.2) is 22.8 Å². The minimum Gasteiger partial charge on any atom is -0.469 e. The highest BCUT2D eigenvalue weighted by atomic mass is 16.5. The van der Waals surface area contributed by atoms with Gasteiger partial charge < -0.3 is 9.15 Å². The molecular formula is C15H22O3. The standard InChI is InChI=1S/C15H22O3/c1-2-18-15(9-5-3-4-6-10-15)14(16)12-13-8-7-11-17-13/h7-8,11H,2-6,9-10,12H2,1H3. The zero-order valence-electron chi connectivity index (χ0n) is 11.1. The molecule has 0 saturated heterocycles. The number of rotatable bonds is 5. The van der Waals surface area contributed by atoms with Gasteiger partial charge in [-0.2, -0.15) is 0 Å². The zero-order valence-corrected chi connectivity index (χ0v) is 11.1. The summed E-state index contributed by atoms with van der Waals surface area (Å²) in [4.78, 5) is 12.5. The molecule has 0 amide bonds. The highest BCUT2D eigenvalue weighted by Crippen LogP contribution is 2.32. The lowest BCUT2D eigenvalue weighted by Crippen LogP contribution is -2.42. The van der Waals surface area contributed by atoms with E-state index in [2.05, 4.69) is 0 Å². The Morgan fingerprint density at radius 3 is 2.61 bits per heavy atom. The maximum Gasteiger partial charge on any atom is 0.172 e. The van der Waals surface area contributed by atoms with Crippen LogP contribution in [-0.2, 0) is 16.0 Å². The van der Waals surface area contributed by atoms with Gasteiger partial charge >= 0.3 is 0 Å². The summed E-state index contributed by atoms with van der Waals surface area (Å²) in [6.45, 7) is 2.57. The van der Waals surface area contributed by atoms with Gasteiger partial charge in [0.1, 0.15) is 11.4 Å². The predicted molar refractivity (Wildman–Crippen MR) is 69.5 cm³/mol. The molecule has 0 N–H and O–H groups in total. The summed E-state index contributed by atoms with van der Waals surface area (Å²) in [5.41, 5.74) is -0.557. The molecule has 0 unspecified atom stereocenters. The van der Waals surface area contributed by atoms with Gasteiger partial charge in [0.2, 0.25) is 0 Å². The fraction of sp³-hybridized carbons (Fsp3) is 0.667. The Morgan fingerprint density at radius 1 is 1.33 bits per heavy atom. The van der Waals surface area contributed by atoms with Crippen molar-refractivity contribution < 1.29 is 13.9 Å². The molecule has 0 bridgehead atoms. The van der Waals surface area contributed by atoms with Crippen LogP contribution in [0.25, 0.3) is 0 Å². The van der Waals surface area contributed by atoms with Crippen molar-refractivity contribution in [2.45, 2.75) is 57.5 Å². The van der Waals surface area contributed by atoms with E-state index >= 15 is 0 Å². The number of carbonyl (C=O) groups excluding carboxylic acids is 1. The van der Waals surface area contributed by atoms with Crippen molar-refractivity contribution in [2.24, 2.45) is 0 Å². The van der Waals surface area contributed by atoms with Gasteiger partial charge in [-0.1, -0.05) is 25.7 Å². The quantitative estimate of drug-likeness (QED) is 0.751. The molecule has 100 valence electrons. The third kappa shape index (κ3) is 3.02. The Morgan fingerprint density at radius 2 is 2.06 bits per heavy atom. The lowest BCUT2D eigenvalue weighted by molar-refractivity contribution is -0.146. The van der Waals surface area contributed by atoms with E-state index in [0.29, 0.717) is 13.0 Å². The number of hydrogen-bond acceptors (Lipinski definition) is 3. The highest BCUT2D eigenvalue weighted by molar-refractivity contribution is 5.88. The molecule has 0 radical (unpaired) electrons. The van der Waals surface area contributed by atoms with Crippen LogP contribution in [0.5, 0.6) is 0 Å². The first-order valence-electron chi connectivity index (χ1n) is 6.96. The number of carbonyl (C=O) groups is 1. The molecule has 1 heterocycles. The lowest BCUT2D eigenvalue weighted by Gasteiger charge is -2.30. The summed E-state index contributed by atoms with van der Waals surface area (Å²) in [5, 5.41) is 0. The first-order valence-corrected chi connectivity index (χ1v) is 6.96. The van der Waals surface area contributed by atoms with E-state index in [-0.39, 0.29) is 5.78 Å². The molecule has 2 rings (SSSR count). The first kappa shape index (κ1) is 13.3. The predicted octanol–water partition coefficient (Wildman–Crippen LogP) is 3.52. The Bertz CT molecular complexity index is 359. The summed E-state index contributed by atoms with van der Waals surface area (Å²) >= 11 is 0. The summed E-state index contributed by atoms with van der Waals surface area (Å²) < 4.78 is 11.1. The van der Waals surface area contributed by atoms with Gasteiger partial charge in [0, 0.05) is 6.61 Å². The molecule has 1 aromatic heterocycles. The molecule has 0 aromatic carbocycles. The average molecular weight is 250 g/mol. The second-order valence-electron chi connectivity index (χ2n) is 5.02. The summed E-state index contributed by atoms with van der Waals surface area (Å²) in [6.07, 6.45) is 8.29. The summed E-state index contributed by atoms with van der Waals surface area (Å²) in [5.74, 6) is 0.921. The molecule has 0 aliphatic heterocycles. The molecule has 1 fully saturated rings. The third-order valence-corrected chi connectivity index (χ3v) is 3.75. The van der Waals surface area contributed by atoms with Crippen molar-refractivity contribution in [1.29, 1.82) is 0 Å². The SMILES string of the molecule is CCOC1(C(=O)Cc2ccco2)CCCCCC1. The van der Waals surface area contributed by atoms with Gasteiger partial charge in [-0.05, 0) is 31.9 Å². The van der Waals surface area contributed by atoms with Crippen LogP contribution in [0, 0.1) is 0 Å². The molecular weight excluding hydrogens is 228 g/mol. The third-order valence-electron chi connectivity index (χ3n) is 3.75. The van der Waals surface area contributed by atoms with Crippen LogP contribution >= 0.6 is 0 Å². The van der Waals surface area contributed by atoms with Gasteiger partial charge in [0.05, 0.1) is 12.7 Å². The average Bonchev–Trinajstić information content (AvgIpc) is 2.74.